The van der Waals surface area contributed by atoms with Crippen molar-refractivity contribution in [1.29, 1.82) is 0 Å². The molecular weight excluding hydrogens is 332 g/mol. The van der Waals surface area contributed by atoms with Crippen molar-refractivity contribution >= 4 is 17.0 Å². The van der Waals surface area contributed by atoms with Crippen LogP contribution in [0.25, 0.3) is 11.0 Å². The molecule has 0 fully saturated rings. The number of hydrogen-bond acceptors (Lipinski definition) is 5. The molecular formula is C20H22N2O4. The van der Waals surface area contributed by atoms with Gasteiger partial charge in [-0.05, 0) is 36.4 Å². The molecule has 6 heteroatoms. The summed E-state index contributed by atoms with van der Waals surface area (Å²) in [6.45, 7) is 2.60. The Bertz CT molecular complexity index is 886. The van der Waals surface area contributed by atoms with Crippen LogP contribution in [0.15, 0.2) is 48.5 Å². The number of ether oxygens (including phenoxy) is 2. The second-order valence-corrected chi connectivity index (χ2v) is 5.96. The number of para-hydroxylation sites is 2. The number of hydrogen-bond donors (Lipinski definition) is 1. The van der Waals surface area contributed by atoms with Crippen LogP contribution < -0.4 is 4.74 Å². The first-order valence-electron chi connectivity index (χ1n) is 8.55. The Morgan fingerprint density at radius 1 is 1.19 bits per heavy atom. The summed E-state index contributed by atoms with van der Waals surface area (Å²) < 4.78 is 12.3. The lowest BCUT2D eigenvalue weighted by Gasteiger charge is -2.15. The van der Waals surface area contributed by atoms with Gasteiger partial charge >= 0.3 is 5.97 Å². The number of imidazole rings is 1. The zero-order valence-corrected chi connectivity index (χ0v) is 14.9. The Hall–Kier alpha value is -2.86. The van der Waals surface area contributed by atoms with Gasteiger partial charge in [-0.3, -0.25) is 0 Å². The van der Waals surface area contributed by atoms with Crippen LogP contribution in [-0.4, -0.2) is 40.4 Å². The van der Waals surface area contributed by atoms with Gasteiger partial charge in [0, 0.05) is 6.42 Å². The number of aryl methyl sites for hydroxylation is 1. The molecule has 0 bridgehead atoms. The van der Waals surface area contributed by atoms with E-state index in [0.29, 0.717) is 17.9 Å². The molecule has 0 saturated heterocycles. The molecule has 26 heavy (non-hydrogen) atoms. The molecule has 1 atom stereocenters. The fourth-order valence-corrected chi connectivity index (χ4v) is 2.86. The average Bonchev–Trinajstić information content (AvgIpc) is 3.04. The number of aromatic nitrogens is 2. The normalized spacial score (nSPS) is 12.1. The minimum atomic E-state index is -0.682. The number of rotatable bonds is 7. The minimum absolute atomic E-state index is 0.146. The molecule has 3 aromatic rings. The molecule has 3 rings (SSSR count). The van der Waals surface area contributed by atoms with Gasteiger partial charge in [-0.1, -0.05) is 19.1 Å². The first-order valence-corrected chi connectivity index (χ1v) is 8.55. The van der Waals surface area contributed by atoms with E-state index in [1.54, 1.807) is 24.3 Å². The number of esters is 1. The third-order valence-electron chi connectivity index (χ3n) is 4.16. The largest absolute Gasteiger partial charge is 0.491 e. The van der Waals surface area contributed by atoms with Crippen molar-refractivity contribution in [3.05, 3.63) is 59.9 Å². The molecule has 0 aliphatic heterocycles. The molecule has 0 radical (unpaired) electrons. The van der Waals surface area contributed by atoms with Gasteiger partial charge in [0.15, 0.2) is 0 Å². The lowest BCUT2D eigenvalue weighted by Crippen LogP contribution is -2.24. The van der Waals surface area contributed by atoms with E-state index in [4.69, 9.17) is 4.74 Å². The van der Waals surface area contributed by atoms with E-state index in [1.807, 2.05) is 35.8 Å². The quantitative estimate of drug-likeness (QED) is 0.661. The molecule has 1 unspecified atom stereocenters. The Kier molecular flexibility index (Phi) is 5.53. The van der Waals surface area contributed by atoms with Crippen molar-refractivity contribution in [2.45, 2.75) is 26.0 Å². The summed E-state index contributed by atoms with van der Waals surface area (Å²) in [4.78, 5) is 16.0. The van der Waals surface area contributed by atoms with Crippen LogP contribution in [0.2, 0.25) is 0 Å². The molecule has 0 spiro atoms. The summed E-state index contributed by atoms with van der Waals surface area (Å²) in [6, 6.07) is 14.5. The summed E-state index contributed by atoms with van der Waals surface area (Å²) >= 11 is 0. The minimum Gasteiger partial charge on any atom is -0.491 e. The summed E-state index contributed by atoms with van der Waals surface area (Å²) in [5.74, 6) is 1.13. The molecule has 1 N–H and O–H groups in total. The van der Waals surface area contributed by atoms with Crippen molar-refractivity contribution in [2.24, 2.45) is 0 Å². The van der Waals surface area contributed by atoms with Crippen LogP contribution in [0.5, 0.6) is 5.75 Å². The van der Waals surface area contributed by atoms with Crippen LogP contribution in [-0.2, 0) is 17.7 Å². The van der Waals surface area contributed by atoms with Gasteiger partial charge in [-0.2, -0.15) is 0 Å². The van der Waals surface area contributed by atoms with Gasteiger partial charge in [0.05, 0.1) is 30.3 Å². The fourth-order valence-electron chi connectivity index (χ4n) is 2.86. The predicted octanol–water partition coefficient (Wildman–Crippen LogP) is 2.83. The van der Waals surface area contributed by atoms with E-state index in [0.717, 1.165) is 23.3 Å². The first-order chi connectivity index (χ1) is 12.6. The maximum atomic E-state index is 11.4. The summed E-state index contributed by atoms with van der Waals surface area (Å²) in [7, 11) is 1.34. The molecule has 0 aliphatic rings. The molecule has 6 nitrogen and oxygen atoms in total. The first kappa shape index (κ1) is 17.9. The van der Waals surface area contributed by atoms with E-state index in [-0.39, 0.29) is 6.61 Å². The summed E-state index contributed by atoms with van der Waals surface area (Å²) in [5.41, 5.74) is 2.39. The highest BCUT2D eigenvalue weighted by Crippen LogP contribution is 2.18. The van der Waals surface area contributed by atoms with Crippen molar-refractivity contribution in [3.63, 3.8) is 0 Å². The van der Waals surface area contributed by atoms with Crippen LogP contribution in [0, 0.1) is 0 Å². The Morgan fingerprint density at radius 2 is 1.92 bits per heavy atom. The third kappa shape index (κ3) is 3.86. The highest BCUT2D eigenvalue weighted by molar-refractivity contribution is 5.89. The lowest BCUT2D eigenvalue weighted by atomic mass is 10.2. The number of aliphatic hydroxyl groups excluding tert-OH is 1. The van der Waals surface area contributed by atoms with Crippen LogP contribution in [0.4, 0.5) is 0 Å². The lowest BCUT2D eigenvalue weighted by molar-refractivity contribution is 0.0600. The van der Waals surface area contributed by atoms with Crippen molar-refractivity contribution in [1.82, 2.24) is 9.55 Å². The Morgan fingerprint density at radius 3 is 2.62 bits per heavy atom. The van der Waals surface area contributed by atoms with E-state index in [1.165, 1.54) is 7.11 Å². The highest BCUT2D eigenvalue weighted by Gasteiger charge is 2.14. The summed E-state index contributed by atoms with van der Waals surface area (Å²) in [6.07, 6.45) is 0.107. The highest BCUT2D eigenvalue weighted by atomic mass is 16.5. The smallest absolute Gasteiger partial charge is 0.337 e. The number of carbonyl (C=O) groups excluding carboxylic acids is 1. The number of fused-ring (bicyclic) bond motifs is 1. The number of methoxy groups -OCH3 is 1. The van der Waals surface area contributed by atoms with Gasteiger partial charge in [0.25, 0.3) is 0 Å². The number of aliphatic hydroxyl groups is 1. The van der Waals surface area contributed by atoms with Gasteiger partial charge < -0.3 is 19.1 Å². The average molecular weight is 354 g/mol. The molecule has 1 aromatic heterocycles. The predicted molar refractivity (Wildman–Crippen MR) is 98.4 cm³/mol. The third-order valence-corrected chi connectivity index (χ3v) is 4.16. The molecule has 1 heterocycles. The van der Waals surface area contributed by atoms with E-state index < -0.39 is 12.1 Å². The molecule has 0 aliphatic carbocycles. The molecule has 136 valence electrons. The number of carbonyl (C=O) groups is 1. The van der Waals surface area contributed by atoms with Crippen molar-refractivity contribution in [2.75, 3.05) is 13.7 Å². The van der Waals surface area contributed by atoms with Gasteiger partial charge in [0.1, 0.15) is 24.3 Å². The monoisotopic (exact) mass is 354 g/mol. The molecule has 0 saturated carbocycles. The van der Waals surface area contributed by atoms with E-state index in [2.05, 4.69) is 9.72 Å². The fraction of sp³-hybridized carbons (Fsp3) is 0.300. The second-order valence-electron chi connectivity index (χ2n) is 5.96. The zero-order valence-electron chi connectivity index (χ0n) is 14.9. The maximum absolute atomic E-state index is 11.4. The van der Waals surface area contributed by atoms with Crippen molar-refractivity contribution in [3.8, 4) is 5.75 Å². The van der Waals surface area contributed by atoms with Crippen LogP contribution in [0.3, 0.4) is 0 Å². The molecule has 0 amide bonds. The standard InChI is InChI=1S/C20H22N2O4/c1-3-19-21-17-6-4-5-7-18(17)22(19)12-15(23)13-26-16-10-8-14(9-11-16)20(24)25-2/h4-11,15,23H,3,12-13H2,1-2H3. The topological polar surface area (TPSA) is 73.6 Å². The SMILES string of the molecule is CCc1nc2ccccc2n1CC(O)COc1ccc(C(=O)OC)cc1. The van der Waals surface area contributed by atoms with Gasteiger partial charge in [-0.15, -0.1) is 0 Å². The Labute approximate surface area is 152 Å². The zero-order chi connectivity index (χ0) is 18.5. The number of benzene rings is 2. The van der Waals surface area contributed by atoms with Gasteiger partial charge in [-0.25, -0.2) is 9.78 Å². The number of nitrogens with zero attached hydrogens (tertiary/aromatic N) is 2. The van der Waals surface area contributed by atoms with Crippen LogP contribution >= 0.6 is 0 Å². The van der Waals surface area contributed by atoms with Crippen LogP contribution in [0.1, 0.15) is 23.1 Å². The second kappa shape index (κ2) is 8.01. The van der Waals surface area contributed by atoms with Crippen molar-refractivity contribution < 1.29 is 19.4 Å². The van der Waals surface area contributed by atoms with E-state index >= 15 is 0 Å². The van der Waals surface area contributed by atoms with E-state index in [9.17, 15) is 9.90 Å². The molecule has 2 aromatic carbocycles. The summed E-state index contributed by atoms with van der Waals surface area (Å²) in [5, 5.41) is 10.4. The van der Waals surface area contributed by atoms with Gasteiger partial charge in [0.2, 0.25) is 0 Å². The maximum Gasteiger partial charge on any atom is 0.337 e. The Balaban J connectivity index is 1.64.